The molecule has 5 N–H and O–H groups in total. The van der Waals surface area contributed by atoms with E-state index in [0.717, 1.165) is 37.5 Å². The first-order valence-corrected chi connectivity index (χ1v) is 10.9. The van der Waals surface area contributed by atoms with Crippen molar-refractivity contribution in [2.75, 3.05) is 6.54 Å². The Balaban J connectivity index is 2.36. The summed E-state index contributed by atoms with van der Waals surface area (Å²) in [5.74, 6) is -2.57. The molecule has 32 heavy (non-hydrogen) atoms. The molecule has 1 aromatic carbocycles. The van der Waals surface area contributed by atoms with E-state index in [1.807, 2.05) is 6.92 Å². The number of halogens is 2. The zero-order valence-corrected chi connectivity index (χ0v) is 18.9. The SMILES string of the molecule is CC(CCCCN)NC(=O)CC[C@@H](C)NC(=O)C(C)NC(=O)/C=C/c1ccc(F)cc1F. The van der Waals surface area contributed by atoms with Crippen LogP contribution in [0.2, 0.25) is 0 Å². The number of hydrogen-bond acceptors (Lipinski definition) is 4. The van der Waals surface area contributed by atoms with Crippen molar-refractivity contribution >= 4 is 23.8 Å². The Labute approximate surface area is 188 Å². The summed E-state index contributed by atoms with van der Waals surface area (Å²) < 4.78 is 26.5. The van der Waals surface area contributed by atoms with Crippen LogP contribution < -0.4 is 21.7 Å². The minimum Gasteiger partial charge on any atom is -0.354 e. The van der Waals surface area contributed by atoms with E-state index in [-0.39, 0.29) is 30.0 Å². The van der Waals surface area contributed by atoms with Crippen LogP contribution in [0.1, 0.15) is 58.4 Å². The lowest BCUT2D eigenvalue weighted by atomic mass is 10.1. The fraction of sp³-hybridized carbons (Fsp3) is 0.522. The van der Waals surface area contributed by atoms with Gasteiger partial charge in [0.25, 0.3) is 0 Å². The van der Waals surface area contributed by atoms with E-state index in [0.29, 0.717) is 13.0 Å². The van der Waals surface area contributed by atoms with E-state index in [9.17, 15) is 23.2 Å². The molecular formula is C23H34F2N4O3. The monoisotopic (exact) mass is 452 g/mol. The molecular weight excluding hydrogens is 418 g/mol. The average molecular weight is 453 g/mol. The Morgan fingerprint density at radius 1 is 1.00 bits per heavy atom. The van der Waals surface area contributed by atoms with Crippen LogP contribution in [-0.4, -0.2) is 42.4 Å². The second kappa shape index (κ2) is 14.3. The number of carbonyl (C=O) groups is 3. The molecule has 1 rings (SSSR count). The summed E-state index contributed by atoms with van der Waals surface area (Å²) in [4.78, 5) is 36.3. The van der Waals surface area contributed by atoms with E-state index in [1.165, 1.54) is 19.1 Å². The normalized spacial score (nSPS) is 13.9. The zero-order chi connectivity index (χ0) is 24.1. The minimum atomic E-state index is -0.830. The van der Waals surface area contributed by atoms with Gasteiger partial charge in [-0.05, 0) is 64.8 Å². The third kappa shape index (κ3) is 11.0. The van der Waals surface area contributed by atoms with Crippen LogP contribution in [0.25, 0.3) is 6.08 Å². The number of benzene rings is 1. The molecule has 0 radical (unpaired) electrons. The summed E-state index contributed by atoms with van der Waals surface area (Å²) in [6.07, 6.45) is 5.76. The summed E-state index contributed by atoms with van der Waals surface area (Å²) in [6.45, 7) is 5.88. The molecule has 1 aromatic rings. The van der Waals surface area contributed by atoms with E-state index >= 15 is 0 Å². The molecule has 0 heterocycles. The van der Waals surface area contributed by atoms with Crippen LogP contribution >= 0.6 is 0 Å². The Hall–Kier alpha value is -2.81. The number of rotatable bonds is 13. The fourth-order valence-electron chi connectivity index (χ4n) is 2.93. The maximum atomic E-state index is 13.6. The van der Waals surface area contributed by atoms with Crippen molar-refractivity contribution in [1.82, 2.24) is 16.0 Å². The summed E-state index contributed by atoms with van der Waals surface area (Å²) in [6, 6.07) is 2.00. The van der Waals surface area contributed by atoms with E-state index in [1.54, 1.807) is 6.92 Å². The van der Waals surface area contributed by atoms with Crippen molar-refractivity contribution in [1.29, 1.82) is 0 Å². The van der Waals surface area contributed by atoms with Gasteiger partial charge in [0, 0.05) is 36.2 Å². The minimum absolute atomic E-state index is 0.0549. The van der Waals surface area contributed by atoms with Crippen molar-refractivity contribution in [3.8, 4) is 0 Å². The molecule has 7 nitrogen and oxygen atoms in total. The third-order valence-corrected chi connectivity index (χ3v) is 4.82. The van der Waals surface area contributed by atoms with Crippen molar-refractivity contribution in [3.63, 3.8) is 0 Å². The second-order valence-electron chi connectivity index (χ2n) is 7.93. The van der Waals surface area contributed by atoms with Crippen LogP contribution in [0.15, 0.2) is 24.3 Å². The molecule has 0 spiro atoms. The number of nitrogens with one attached hydrogen (secondary N) is 3. The van der Waals surface area contributed by atoms with Gasteiger partial charge in [-0.2, -0.15) is 0 Å². The predicted octanol–water partition coefficient (Wildman–Crippen LogP) is 2.40. The maximum Gasteiger partial charge on any atom is 0.244 e. The van der Waals surface area contributed by atoms with Gasteiger partial charge >= 0.3 is 0 Å². The molecule has 0 aliphatic rings. The molecule has 3 amide bonds. The molecule has 2 unspecified atom stereocenters. The Morgan fingerprint density at radius 2 is 1.69 bits per heavy atom. The molecule has 9 heteroatoms. The lowest BCUT2D eigenvalue weighted by Crippen LogP contribution is -2.47. The van der Waals surface area contributed by atoms with Gasteiger partial charge in [0.1, 0.15) is 17.7 Å². The lowest BCUT2D eigenvalue weighted by molar-refractivity contribution is -0.127. The van der Waals surface area contributed by atoms with Gasteiger partial charge in [0.15, 0.2) is 0 Å². The Kier molecular flexibility index (Phi) is 12.2. The van der Waals surface area contributed by atoms with Gasteiger partial charge in [-0.1, -0.05) is 6.42 Å². The van der Waals surface area contributed by atoms with Crippen LogP contribution in [-0.2, 0) is 14.4 Å². The zero-order valence-electron chi connectivity index (χ0n) is 18.9. The van der Waals surface area contributed by atoms with E-state index in [4.69, 9.17) is 5.73 Å². The molecule has 3 atom stereocenters. The van der Waals surface area contributed by atoms with Crippen molar-refractivity contribution in [2.24, 2.45) is 5.73 Å². The number of carbonyl (C=O) groups excluding carboxylic acids is 3. The number of hydrogen-bond donors (Lipinski definition) is 4. The first-order chi connectivity index (χ1) is 15.1. The molecule has 0 aromatic heterocycles. The summed E-state index contributed by atoms with van der Waals surface area (Å²) in [5.41, 5.74) is 5.52. The third-order valence-electron chi connectivity index (χ3n) is 4.82. The molecule has 0 saturated heterocycles. The van der Waals surface area contributed by atoms with E-state index < -0.39 is 29.5 Å². The van der Waals surface area contributed by atoms with Crippen molar-refractivity contribution < 1.29 is 23.2 Å². The molecule has 0 aliphatic heterocycles. The molecule has 178 valence electrons. The topological polar surface area (TPSA) is 113 Å². The van der Waals surface area contributed by atoms with Crippen molar-refractivity contribution in [3.05, 3.63) is 41.5 Å². The highest BCUT2D eigenvalue weighted by molar-refractivity contribution is 5.95. The van der Waals surface area contributed by atoms with Gasteiger partial charge < -0.3 is 21.7 Å². The van der Waals surface area contributed by atoms with Gasteiger partial charge in [0.2, 0.25) is 17.7 Å². The predicted molar refractivity (Wildman–Crippen MR) is 120 cm³/mol. The highest BCUT2D eigenvalue weighted by atomic mass is 19.1. The van der Waals surface area contributed by atoms with Gasteiger partial charge in [0.05, 0.1) is 0 Å². The summed E-state index contributed by atoms with van der Waals surface area (Å²) in [5, 5.41) is 8.16. The van der Waals surface area contributed by atoms with Crippen LogP contribution in [0.5, 0.6) is 0 Å². The highest BCUT2D eigenvalue weighted by Crippen LogP contribution is 2.11. The maximum absolute atomic E-state index is 13.6. The van der Waals surface area contributed by atoms with Gasteiger partial charge in [-0.25, -0.2) is 8.78 Å². The summed E-state index contributed by atoms with van der Waals surface area (Å²) in [7, 11) is 0. The van der Waals surface area contributed by atoms with Gasteiger partial charge in [-0.15, -0.1) is 0 Å². The van der Waals surface area contributed by atoms with Gasteiger partial charge in [-0.3, -0.25) is 14.4 Å². The number of amides is 3. The quantitative estimate of drug-likeness (QED) is 0.272. The first kappa shape index (κ1) is 27.2. The first-order valence-electron chi connectivity index (χ1n) is 10.9. The van der Waals surface area contributed by atoms with Crippen LogP contribution in [0.4, 0.5) is 8.78 Å². The van der Waals surface area contributed by atoms with Crippen molar-refractivity contribution in [2.45, 2.75) is 71.0 Å². The smallest absolute Gasteiger partial charge is 0.244 e. The van der Waals surface area contributed by atoms with Crippen LogP contribution in [0, 0.1) is 11.6 Å². The standard InChI is InChI=1S/C23H34F2N4O3/c1-15(6-4-5-13-26)27-21(30)11-7-16(2)28-23(32)17(3)29-22(31)12-9-18-8-10-19(24)14-20(18)25/h8-10,12,14-17H,4-7,11,13,26H2,1-3H3,(H,27,30)(H,28,32)(H,29,31)/b12-9+/t15?,16-,17?/m1/s1. The molecule has 0 fully saturated rings. The Bertz CT molecular complexity index is 801. The number of unbranched alkanes of at least 4 members (excludes halogenated alkanes) is 1. The highest BCUT2D eigenvalue weighted by Gasteiger charge is 2.17. The second-order valence-corrected chi connectivity index (χ2v) is 7.93. The lowest BCUT2D eigenvalue weighted by Gasteiger charge is -2.19. The summed E-state index contributed by atoms with van der Waals surface area (Å²) >= 11 is 0. The molecule has 0 saturated carbocycles. The average Bonchev–Trinajstić information content (AvgIpc) is 2.71. The fourth-order valence-corrected chi connectivity index (χ4v) is 2.93. The van der Waals surface area contributed by atoms with Crippen LogP contribution in [0.3, 0.4) is 0 Å². The largest absolute Gasteiger partial charge is 0.354 e. The number of nitrogens with two attached hydrogens (primary N) is 1. The molecule has 0 aliphatic carbocycles. The molecule has 0 bridgehead atoms. The van der Waals surface area contributed by atoms with E-state index in [2.05, 4.69) is 16.0 Å². The Morgan fingerprint density at radius 3 is 2.34 bits per heavy atom.